The van der Waals surface area contributed by atoms with Gasteiger partial charge in [-0.05, 0) is 0 Å². The van der Waals surface area contributed by atoms with Crippen molar-refractivity contribution in [3.05, 3.63) is 0 Å². The monoisotopic (exact) mass is 264 g/mol. The van der Waals surface area contributed by atoms with Crippen LogP contribution in [0.4, 0.5) is 12.6 Å². The second kappa shape index (κ2) is 16.1. The van der Waals surface area contributed by atoms with E-state index < -0.39 is 18.2 Å². The van der Waals surface area contributed by atoms with Crippen molar-refractivity contribution in [2.75, 3.05) is 0 Å². The molecule has 0 radical (unpaired) electrons. The summed E-state index contributed by atoms with van der Waals surface area (Å²) in [5.41, 5.74) is 0. The van der Waals surface area contributed by atoms with Gasteiger partial charge in [-0.25, -0.2) is 0 Å². The second-order valence-electron chi connectivity index (χ2n) is 0.350. The fourth-order valence-electron chi connectivity index (χ4n) is 0. The van der Waals surface area contributed by atoms with E-state index in [-0.39, 0.29) is 27.4 Å². The topological polar surface area (TPSA) is 158 Å². The molecule has 0 aromatic carbocycles. The van der Waals surface area contributed by atoms with E-state index in [1.807, 2.05) is 0 Å². The molecule has 0 amide bonds. The van der Waals surface area contributed by atoms with Crippen molar-refractivity contribution in [1.29, 1.82) is 0 Å². The predicted octanol–water partition coefficient (Wildman–Crippen LogP) is -2.45. The van der Waals surface area contributed by atoms with Crippen molar-refractivity contribution in [1.82, 2.24) is 0 Å². The minimum atomic E-state index is -7.02. The Balaban J connectivity index is -0.00000000800. The molecule has 0 heterocycles. The number of hydrogen-bond acceptors (Lipinski definition) is 0. The van der Waals surface area contributed by atoms with Crippen molar-refractivity contribution < 1.29 is 58.2 Å². The zero-order chi connectivity index (χ0) is 4.50. The van der Waals surface area contributed by atoms with Crippen LogP contribution in [0.15, 0.2) is 0 Å². The first-order valence-corrected chi connectivity index (χ1v) is 3.65. The molecule has 74 valence electrons. The molecule has 10 heavy (non-hydrogen) atoms. The van der Waals surface area contributed by atoms with E-state index in [1.54, 1.807) is 0 Å². The Morgan fingerprint density at radius 2 is 0.500 bits per heavy atom. The van der Waals surface area contributed by atoms with Gasteiger partial charge >= 0.3 is 30.8 Å². The summed E-state index contributed by atoms with van der Waals surface area (Å²) in [7, 11) is 0. The van der Waals surface area contributed by atoms with E-state index in [0.717, 1.165) is 0 Å². The van der Waals surface area contributed by atoms with Crippen LogP contribution < -0.4 is 0 Å². The molecule has 0 fully saturated rings. The molecule has 0 atom stereocenters. The quantitative estimate of drug-likeness (QED) is 0.335. The molecule has 0 aliphatic carbocycles. The molecule has 0 saturated carbocycles. The van der Waals surface area contributed by atoms with Crippen LogP contribution in [-0.4, -0.2) is 27.4 Å². The van der Waals surface area contributed by atoms with Gasteiger partial charge in [-0.2, -0.15) is 0 Å². The van der Waals surface area contributed by atoms with Crippen LogP contribution in [0.5, 0.6) is 0 Å². The number of hydrogen-bond donors (Lipinski definition) is 0. The Hall–Kier alpha value is 0.208. The molecule has 0 bridgehead atoms. The van der Waals surface area contributed by atoms with Crippen LogP contribution in [-0.2, 0) is 18.2 Å². The van der Waals surface area contributed by atoms with Gasteiger partial charge in [-0.15, -0.1) is 0 Å². The molecular formula is H10F4MoO5. The maximum absolute atomic E-state index is 9.88. The Labute approximate surface area is 59.0 Å². The Bertz CT molecular complexity index is 29.1. The second-order valence-corrected chi connectivity index (χ2v) is 2.07. The van der Waals surface area contributed by atoms with Crippen molar-refractivity contribution in [3.8, 4) is 0 Å². The Morgan fingerprint density at radius 3 is 0.500 bits per heavy atom. The van der Waals surface area contributed by atoms with E-state index in [9.17, 15) is 12.6 Å². The molecule has 0 spiro atoms. The standard InChI is InChI=1S/4FH.Mo.5H2O/h4*1H;;5*1H2/q;;;;+4;;;;;/p-4. The average Bonchev–Trinajstić information content (AvgIpc) is 0.722. The van der Waals surface area contributed by atoms with Crippen molar-refractivity contribution in [2.24, 2.45) is 0 Å². The molecule has 0 aliphatic rings. The van der Waals surface area contributed by atoms with E-state index in [1.165, 1.54) is 0 Å². The van der Waals surface area contributed by atoms with Crippen LogP contribution in [0.2, 0.25) is 0 Å². The zero-order valence-corrected chi connectivity index (χ0v) is 6.43. The summed E-state index contributed by atoms with van der Waals surface area (Å²) >= 11 is -7.02. The third-order valence-corrected chi connectivity index (χ3v) is 0. The molecular weight excluding hydrogens is 252 g/mol. The third-order valence-electron chi connectivity index (χ3n) is 0. The first-order chi connectivity index (χ1) is 2.00. The Kier molecular flexibility index (Phi) is 78.7. The first-order valence-electron chi connectivity index (χ1n) is 0.617. The molecule has 0 saturated heterocycles. The molecule has 0 rings (SSSR count). The van der Waals surface area contributed by atoms with Gasteiger partial charge < -0.3 is 27.4 Å². The predicted molar refractivity (Wildman–Crippen MR) is 22.5 cm³/mol. The first kappa shape index (κ1) is 48.9. The van der Waals surface area contributed by atoms with E-state index in [0.29, 0.717) is 0 Å². The van der Waals surface area contributed by atoms with Gasteiger partial charge in [-0.3, -0.25) is 0 Å². The SMILES string of the molecule is O.O.O.O.O.[F][Mo]([F])([F])[F]. The Morgan fingerprint density at radius 1 is 0.500 bits per heavy atom. The fourth-order valence-corrected chi connectivity index (χ4v) is 0. The van der Waals surface area contributed by atoms with Gasteiger partial charge in [0.15, 0.2) is 0 Å². The third kappa shape index (κ3) is 9830. The van der Waals surface area contributed by atoms with Gasteiger partial charge in [0.2, 0.25) is 0 Å². The van der Waals surface area contributed by atoms with Gasteiger partial charge in [-0.1, -0.05) is 0 Å². The van der Waals surface area contributed by atoms with Crippen LogP contribution in [0.1, 0.15) is 0 Å². The van der Waals surface area contributed by atoms with Crippen molar-refractivity contribution >= 4 is 0 Å². The summed E-state index contributed by atoms with van der Waals surface area (Å²) in [4.78, 5) is 0. The van der Waals surface area contributed by atoms with Crippen molar-refractivity contribution in [3.63, 3.8) is 0 Å². The van der Waals surface area contributed by atoms with E-state index in [4.69, 9.17) is 0 Å². The molecule has 0 aliphatic heterocycles. The minimum absolute atomic E-state index is 0. The normalized spacial score (nSPS) is 7.60. The summed E-state index contributed by atoms with van der Waals surface area (Å²) in [5.74, 6) is 0. The van der Waals surface area contributed by atoms with Crippen molar-refractivity contribution in [2.45, 2.75) is 0 Å². The summed E-state index contributed by atoms with van der Waals surface area (Å²) < 4.78 is 39.5. The number of halogens is 4. The van der Waals surface area contributed by atoms with Crippen LogP contribution in [0.3, 0.4) is 0 Å². The van der Waals surface area contributed by atoms with Gasteiger partial charge in [0, 0.05) is 0 Å². The van der Waals surface area contributed by atoms with Crippen LogP contribution in [0.25, 0.3) is 0 Å². The summed E-state index contributed by atoms with van der Waals surface area (Å²) in [6.07, 6.45) is 0. The van der Waals surface area contributed by atoms with E-state index in [2.05, 4.69) is 0 Å². The molecule has 0 aromatic heterocycles. The fraction of sp³-hybridized carbons (Fsp3) is 0. The molecule has 5 nitrogen and oxygen atoms in total. The molecule has 10 N–H and O–H groups in total. The van der Waals surface area contributed by atoms with Crippen LogP contribution in [0, 0.1) is 0 Å². The van der Waals surface area contributed by atoms with Gasteiger partial charge in [0.05, 0.1) is 0 Å². The van der Waals surface area contributed by atoms with E-state index >= 15 is 0 Å². The maximum atomic E-state index is 9.88. The molecule has 0 aromatic rings. The van der Waals surface area contributed by atoms with Gasteiger partial charge in [0.25, 0.3) is 0 Å². The zero-order valence-electron chi connectivity index (χ0n) is 4.42. The molecule has 10 heteroatoms. The van der Waals surface area contributed by atoms with Crippen LogP contribution >= 0.6 is 0 Å². The molecule has 0 unspecified atom stereocenters. The number of rotatable bonds is 0. The average molecular weight is 262 g/mol. The van der Waals surface area contributed by atoms with Gasteiger partial charge in [0.1, 0.15) is 0 Å². The summed E-state index contributed by atoms with van der Waals surface area (Å²) in [6, 6.07) is 0. The summed E-state index contributed by atoms with van der Waals surface area (Å²) in [6.45, 7) is 0. The summed E-state index contributed by atoms with van der Waals surface area (Å²) in [5, 5.41) is 0.